The molecular formula is C21H29F3N2OS2. The minimum atomic E-state index is -4.30. The SMILES string of the molecule is O=C(CCCCC1CCSS1)NC1CCN(Cc2cccc(C(F)(F)F)c2)CC1. The van der Waals surface area contributed by atoms with Crippen molar-refractivity contribution in [2.24, 2.45) is 0 Å². The van der Waals surface area contributed by atoms with Crippen molar-refractivity contribution < 1.29 is 18.0 Å². The van der Waals surface area contributed by atoms with Gasteiger partial charge in [-0.2, -0.15) is 13.2 Å². The molecule has 2 heterocycles. The first-order valence-electron chi connectivity index (χ1n) is 10.4. The minimum absolute atomic E-state index is 0.134. The molecule has 0 aromatic heterocycles. The molecule has 3 nitrogen and oxygen atoms in total. The molecule has 3 rings (SSSR count). The molecule has 29 heavy (non-hydrogen) atoms. The Morgan fingerprint density at radius 1 is 1.17 bits per heavy atom. The van der Waals surface area contributed by atoms with Gasteiger partial charge in [0.15, 0.2) is 0 Å². The van der Waals surface area contributed by atoms with Crippen LogP contribution in [-0.2, 0) is 17.5 Å². The zero-order chi connectivity index (χ0) is 20.7. The van der Waals surface area contributed by atoms with E-state index in [4.69, 9.17) is 0 Å². The van der Waals surface area contributed by atoms with Crippen molar-refractivity contribution in [1.82, 2.24) is 10.2 Å². The molecule has 0 aliphatic carbocycles. The largest absolute Gasteiger partial charge is 0.416 e. The molecular weight excluding hydrogens is 417 g/mol. The molecule has 2 saturated heterocycles. The highest BCUT2D eigenvalue weighted by atomic mass is 33.1. The number of hydrogen-bond acceptors (Lipinski definition) is 4. The number of carbonyl (C=O) groups is 1. The van der Waals surface area contributed by atoms with Crippen LogP contribution in [0.3, 0.4) is 0 Å². The maximum atomic E-state index is 12.9. The van der Waals surface area contributed by atoms with E-state index in [1.54, 1.807) is 6.07 Å². The Balaban J connectivity index is 1.32. The van der Waals surface area contributed by atoms with Gasteiger partial charge in [-0.15, -0.1) is 0 Å². The maximum Gasteiger partial charge on any atom is 0.416 e. The average Bonchev–Trinajstić information content (AvgIpc) is 3.20. The molecule has 0 radical (unpaired) electrons. The smallest absolute Gasteiger partial charge is 0.353 e. The Morgan fingerprint density at radius 2 is 1.97 bits per heavy atom. The van der Waals surface area contributed by atoms with Crippen molar-refractivity contribution in [2.75, 3.05) is 18.8 Å². The second-order valence-electron chi connectivity index (χ2n) is 7.89. The van der Waals surface area contributed by atoms with E-state index in [2.05, 4.69) is 10.2 Å². The summed E-state index contributed by atoms with van der Waals surface area (Å²) in [7, 11) is 3.94. The molecule has 1 aromatic rings. The van der Waals surface area contributed by atoms with Gasteiger partial charge >= 0.3 is 6.18 Å². The summed E-state index contributed by atoms with van der Waals surface area (Å²) in [6, 6.07) is 5.73. The van der Waals surface area contributed by atoms with Crippen molar-refractivity contribution in [3.8, 4) is 0 Å². The zero-order valence-corrected chi connectivity index (χ0v) is 18.2. The molecule has 0 saturated carbocycles. The molecule has 162 valence electrons. The van der Waals surface area contributed by atoms with Crippen molar-refractivity contribution >= 4 is 27.5 Å². The van der Waals surface area contributed by atoms with E-state index in [0.717, 1.165) is 50.1 Å². The Kier molecular flexibility index (Phi) is 8.62. The third-order valence-corrected chi connectivity index (χ3v) is 8.53. The van der Waals surface area contributed by atoms with E-state index in [9.17, 15) is 18.0 Å². The number of carbonyl (C=O) groups excluding carboxylic acids is 1. The van der Waals surface area contributed by atoms with E-state index in [1.807, 2.05) is 21.6 Å². The van der Waals surface area contributed by atoms with E-state index in [0.29, 0.717) is 18.5 Å². The molecule has 1 atom stereocenters. The lowest BCUT2D eigenvalue weighted by molar-refractivity contribution is -0.137. The number of nitrogens with one attached hydrogen (secondary N) is 1. The number of benzene rings is 1. The summed E-state index contributed by atoms with van der Waals surface area (Å²) in [5, 5.41) is 3.90. The Labute approximate surface area is 179 Å². The molecule has 1 N–H and O–H groups in total. The van der Waals surface area contributed by atoms with Gasteiger partial charge in [0.2, 0.25) is 5.91 Å². The van der Waals surface area contributed by atoms with Gasteiger partial charge in [0.1, 0.15) is 0 Å². The highest BCUT2D eigenvalue weighted by Gasteiger charge is 2.30. The molecule has 2 fully saturated rings. The molecule has 8 heteroatoms. The van der Waals surface area contributed by atoms with Crippen LogP contribution in [0.4, 0.5) is 13.2 Å². The number of amides is 1. The van der Waals surface area contributed by atoms with Crippen molar-refractivity contribution in [2.45, 2.75) is 69.0 Å². The number of likely N-dealkylation sites (tertiary alicyclic amines) is 1. The maximum absolute atomic E-state index is 12.9. The molecule has 1 aromatic carbocycles. The monoisotopic (exact) mass is 446 g/mol. The van der Waals surface area contributed by atoms with Crippen molar-refractivity contribution in [3.05, 3.63) is 35.4 Å². The van der Waals surface area contributed by atoms with Gasteiger partial charge in [0, 0.05) is 43.1 Å². The lowest BCUT2D eigenvalue weighted by atomic mass is 10.0. The van der Waals surface area contributed by atoms with Crippen LogP contribution in [-0.4, -0.2) is 40.9 Å². The van der Waals surface area contributed by atoms with Gasteiger partial charge < -0.3 is 5.32 Å². The Bertz CT molecular complexity index is 658. The number of hydrogen-bond donors (Lipinski definition) is 1. The van der Waals surface area contributed by atoms with Crippen LogP contribution in [0.2, 0.25) is 0 Å². The third-order valence-electron chi connectivity index (χ3n) is 5.52. The fraction of sp³-hybridized carbons (Fsp3) is 0.667. The van der Waals surface area contributed by atoms with E-state index in [1.165, 1.54) is 30.7 Å². The van der Waals surface area contributed by atoms with Gasteiger partial charge in [0.25, 0.3) is 0 Å². The van der Waals surface area contributed by atoms with Crippen molar-refractivity contribution in [1.29, 1.82) is 0 Å². The van der Waals surface area contributed by atoms with Gasteiger partial charge in [-0.3, -0.25) is 9.69 Å². The Hall–Kier alpha value is -0.860. The van der Waals surface area contributed by atoms with Gasteiger partial charge in [-0.05, 0) is 43.7 Å². The van der Waals surface area contributed by atoms with Crippen molar-refractivity contribution in [3.63, 3.8) is 0 Å². The molecule has 2 aliphatic heterocycles. The van der Waals surface area contributed by atoms with Crippen LogP contribution in [0.1, 0.15) is 56.1 Å². The number of halogens is 3. The summed E-state index contributed by atoms with van der Waals surface area (Å²) < 4.78 is 38.6. The first-order valence-corrected chi connectivity index (χ1v) is 12.7. The summed E-state index contributed by atoms with van der Waals surface area (Å²) in [5.74, 6) is 1.39. The minimum Gasteiger partial charge on any atom is -0.353 e. The summed E-state index contributed by atoms with van der Waals surface area (Å²) in [4.78, 5) is 14.3. The van der Waals surface area contributed by atoms with Crippen LogP contribution in [0.25, 0.3) is 0 Å². The van der Waals surface area contributed by atoms with Gasteiger partial charge in [-0.25, -0.2) is 0 Å². The third kappa shape index (κ3) is 7.72. The summed E-state index contributed by atoms with van der Waals surface area (Å²) in [6.07, 6.45) is 2.54. The average molecular weight is 447 g/mol. The number of rotatable bonds is 8. The molecule has 0 bridgehead atoms. The fourth-order valence-electron chi connectivity index (χ4n) is 3.86. The normalized spacial score (nSPS) is 21.4. The van der Waals surface area contributed by atoms with Crippen LogP contribution in [0, 0.1) is 0 Å². The first-order chi connectivity index (χ1) is 13.9. The number of unbranched alkanes of at least 4 members (excludes halogenated alkanes) is 1. The fourth-order valence-corrected chi connectivity index (χ4v) is 6.89. The number of nitrogens with zero attached hydrogens (tertiary/aromatic N) is 1. The second-order valence-corrected chi connectivity index (χ2v) is 10.7. The topological polar surface area (TPSA) is 32.3 Å². The van der Waals surface area contributed by atoms with E-state index < -0.39 is 11.7 Å². The highest BCUT2D eigenvalue weighted by Crippen LogP contribution is 2.39. The molecule has 1 unspecified atom stereocenters. The number of alkyl halides is 3. The highest BCUT2D eigenvalue weighted by molar-refractivity contribution is 8.77. The Morgan fingerprint density at radius 3 is 2.66 bits per heavy atom. The van der Waals surface area contributed by atoms with Crippen LogP contribution in [0.5, 0.6) is 0 Å². The second kappa shape index (κ2) is 11.0. The van der Waals surface area contributed by atoms with Crippen LogP contribution < -0.4 is 5.32 Å². The summed E-state index contributed by atoms with van der Waals surface area (Å²) in [5.41, 5.74) is 0.0866. The molecule has 0 spiro atoms. The molecule has 1 amide bonds. The summed E-state index contributed by atoms with van der Waals surface area (Å²) >= 11 is 0. The predicted octanol–water partition coefficient (Wildman–Crippen LogP) is 5.50. The quantitative estimate of drug-likeness (QED) is 0.422. The van der Waals surface area contributed by atoms with Gasteiger partial charge in [-0.1, -0.05) is 46.2 Å². The summed E-state index contributed by atoms with van der Waals surface area (Å²) in [6.45, 7) is 2.09. The number of piperidine rings is 1. The van der Waals surface area contributed by atoms with E-state index >= 15 is 0 Å². The van der Waals surface area contributed by atoms with Gasteiger partial charge in [0.05, 0.1) is 5.56 Å². The van der Waals surface area contributed by atoms with Crippen LogP contribution >= 0.6 is 21.6 Å². The lowest BCUT2D eigenvalue weighted by Gasteiger charge is -2.32. The standard InChI is InChI=1S/C21H29F3N2OS2/c22-21(23,24)17-5-3-4-16(14-17)15-26-11-8-18(9-12-26)25-20(27)7-2-1-6-19-10-13-28-29-19/h3-5,14,18-19H,1-2,6-13,15H2,(H,25,27). The zero-order valence-electron chi connectivity index (χ0n) is 16.5. The first kappa shape index (κ1) is 22.8. The van der Waals surface area contributed by atoms with E-state index in [-0.39, 0.29) is 11.9 Å². The lowest BCUT2D eigenvalue weighted by Crippen LogP contribution is -2.44. The molecule has 2 aliphatic rings. The predicted molar refractivity (Wildman–Crippen MR) is 115 cm³/mol. The van der Waals surface area contributed by atoms with Crippen LogP contribution in [0.15, 0.2) is 24.3 Å².